The molecule has 0 fully saturated rings. The third-order valence-electron chi connectivity index (χ3n) is 9.77. The topological polar surface area (TPSA) is 23.6 Å². The van der Waals surface area contributed by atoms with Crippen LogP contribution in [0.3, 0.4) is 0 Å². The molecule has 4 heteroatoms. The molecule has 9 rings (SSSR count). The minimum Gasteiger partial charge on any atom is -0.269 e. The van der Waals surface area contributed by atoms with Gasteiger partial charge in [0, 0.05) is 11.1 Å². The van der Waals surface area contributed by atoms with E-state index in [1.54, 1.807) is 0 Å². The van der Waals surface area contributed by atoms with Gasteiger partial charge < -0.3 is 0 Å². The molecule has 8 aromatic carbocycles. The van der Waals surface area contributed by atoms with Gasteiger partial charge in [0.15, 0.2) is 0 Å². The fourth-order valence-electron chi connectivity index (χ4n) is 7.39. The van der Waals surface area contributed by atoms with Gasteiger partial charge in [-0.25, -0.2) is 0 Å². The molecule has 0 atom stereocenters. The van der Waals surface area contributed by atoms with E-state index in [9.17, 15) is 0 Å². The van der Waals surface area contributed by atoms with Crippen molar-refractivity contribution in [3.05, 3.63) is 212 Å². The molecule has 0 bridgehead atoms. The fourth-order valence-corrected chi connectivity index (χ4v) is 10.4. The van der Waals surface area contributed by atoms with Gasteiger partial charge in [-0.2, -0.15) is 0 Å². The van der Waals surface area contributed by atoms with Gasteiger partial charge in [0.05, 0.1) is 28.1 Å². The average molecular weight is 687 g/mol. The van der Waals surface area contributed by atoms with Crippen molar-refractivity contribution in [2.24, 2.45) is 0 Å². The molecule has 0 amide bonds. The molecule has 0 saturated heterocycles. The van der Waals surface area contributed by atoms with Crippen LogP contribution in [0, 0.1) is 0 Å². The molecule has 248 valence electrons. The first kappa shape index (κ1) is 31.6. The fraction of sp³-hybridized carbons (Fsp3) is 0. The van der Waals surface area contributed by atoms with E-state index in [1.807, 2.05) is 54.6 Å². The van der Waals surface area contributed by atoms with Gasteiger partial charge in [0.1, 0.15) is 0 Å². The highest BCUT2D eigenvalue weighted by Crippen LogP contribution is 2.73. The van der Waals surface area contributed by atoms with Crippen molar-refractivity contribution in [2.75, 3.05) is 9.34 Å². The molecule has 1 aliphatic rings. The van der Waals surface area contributed by atoms with Gasteiger partial charge in [-0.05, 0) is 69.8 Å². The Morgan fingerprint density at radius 3 is 1.02 bits per heavy atom. The lowest BCUT2D eigenvalue weighted by Gasteiger charge is -2.34. The molecule has 52 heavy (non-hydrogen) atoms. The predicted molar refractivity (Wildman–Crippen MR) is 219 cm³/mol. The quantitative estimate of drug-likeness (QED) is 0.156. The maximum Gasteiger partial charge on any atom is 0.301 e. The van der Waals surface area contributed by atoms with E-state index in [-0.39, 0.29) is 0 Å². The molecule has 0 unspecified atom stereocenters. The van der Waals surface area contributed by atoms with Gasteiger partial charge in [-0.3, -0.25) is 13.9 Å². The van der Waals surface area contributed by atoms with E-state index in [2.05, 4.69) is 167 Å². The summed E-state index contributed by atoms with van der Waals surface area (Å²) in [5.74, 6) is 0. The lowest BCUT2D eigenvalue weighted by Crippen LogP contribution is -2.26. The predicted octanol–water partition coefficient (Wildman–Crippen LogP) is 13.2. The maximum atomic E-state index is 17.0. The number of benzene rings is 8. The minimum absolute atomic E-state index is 0.749. The Kier molecular flexibility index (Phi) is 8.12. The number of anilines is 4. The Balaban J connectivity index is 1.42. The van der Waals surface area contributed by atoms with E-state index in [0.717, 1.165) is 72.6 Å². The average Bonchev–Trinajstić information content (AvgIpc) is 3.52. The molecular weight excluding hydrogens is 652 g/mol. The van der Waals surface area contributed by atoms with Crippen molar-refractivity contribution in [3.63, 3.8) is 0 Å². The van der Waals surface area contributed by atoms with Gasteiger partial charge in [-0.1, -0.05) is 176 Å². The Hall–Kier alpha value is -6.41. The summed E-state index contributed by atoms with van der Waals surface area (Å²) in [6, 6.07) is 73.1. The zero-order valence-electron chi connectivity index (χ0n) is 28.5. The maximum absolute atomic E-state index is 17.0. The highest BCUT2D eigenvalue weighted by atomic mass is 31.2. The third-order valence-corrected chi connectivity index (χ3v) is 12.7. The van der Waals surface area contributed by atoms with Gasteiger partial charge in [-0.15, -0.1) is 0 Å². The summed E-state index contributed by atoms with van der Waals surface area (Å²) < 4.78 is 21.3. The number of hydrogen-bond acceptors (Lipinski definition) is 1. The van der Waals surface area contributed by atoms with Crippen LogP contribution in [0.4, 0.5) is 22.7 Å². The van der Waals surface area contributed by atoms with E-state index in [1.165, 1.54) is 0 Å². The Bertz CT molecular complexity index is 2380. The second kappa shape index (κ2) is 13.4. The number of nitrogens with zero attached hydrogens (tertiary/aromatic N) is 2. The van der Waals surface area contributed by atoms with Crippen LogP contribution in [-0.4, -0.2) is 0 Å². The zero-order valence-corrected chi connectivity index (χ0v) is 29.4. The largest absolute Gasteiger partial charge is 0.301 e. The molecular formula is C48H35N2OP. The summed E-state index contributed by atoms with van der Waals surface area (Å²) in [5.41, 5.74) is 12.0. The Labute approximate surface area is 305 Å². The molecule has 1 aliphatic heterocycles. The van der Waals surface area contributed by atoms with Gasteiger partial charge >= 0.3 is 7.44 Å². The van der Waals surface area contributed by atoms with Crippen molar-refractivity contribution >= 4 is 35.5 Å². The Morgan fingerprint density at radius 1 is 0.308 bits per heavy atom. The van der Waals surface area contributed by atoms with Crippen LogP contribution in [0.1, 0.15) is 0 Å². The first-order valence-electron chi connectivity index (χ1n) is 17.6. The van der Waals surface area contributed by atoms with Crippen LogP contribution in [-0.2, 0) is 4.57 Å². The SMILES string of the molecule is O=P1(c2ccccc2)N(c2cccc(-c3ccccc3)c2)c2c(-c3ccccc3)ccc(-c3ccccc3)c2N1c1cccc(-c2ccccc2)c1. The standard InChI is InChI=1S/C48H35N2OP/c51-52(44-30-14-5-15-31-44)49(42-28-16-26-40(34-42)36-18-6-1-7-19-36)47-45(38-22-10-3-11-23-38)32-33-46(39-24-12-4-13-25-39)48(47)50(52)43-29-17-27-41(35-43)37-20-8-2-9-21-37/h1-35H. The molecule has 3 nitrogen and oxygen atoms in total. The lowest BCUT2D eigenvalue weighted by molar-refractivity contribution is 0.582. The van der Waals surface area contributed by atoms with Crippen LogP contribution in [0.5, 0.6) is 0 Å². The molecule has 0 saturated carbocycles. The van der Waals surface area contributed by atoms with E-state index < -0.39 is 7.44 Å². The molecule has 8 aromatic rings. The van der Waals surface area contributed by atoms with Crippen molar-refractivity contribution in [3.8, 4) is 44.5 Å². The van der Waals surface area contributed by atoms with E-state index in [4.69, 9.17) is 0 Å². The molecule has 1 heterocycles. The van der Waals surface area contributed by atoms with Crippen molar-refractivity contribution in [1.29, 1.82) is 0 Å². The second-order valence-electron chi connectivity index (χ2n) is 12.9. The van der Waals surface area contributed by atoms with Crippen molar-refractivity contribution in [1.82, 2.24) is 0 Å². The van der Waals surface area contributed by atoms with Crippen LogP contribution >= 0.6 is 7.44 Å². The van der Waals surface area contributed by atoms with Crippen LogP contribution < -0.4 is 14.6 Å². The summed E-state index contributed by atoms with van der Waals surface area (Å²) in [7, 11) is -3.72. The van der Waals surface area contributed by atoms with E-state index >= 15 is 4.57 Å². The smallest absolute Gasteiger partial charge is 0.269 e. The van der Waals surface area contributed by atoms with Crippen molar-refractivity contribution < 1.29 is 4.57 Å². The van der Waals surface area contributed by atoms with Crippen LogP contribution in [0.25, 0.3) is 44.5 Å². The summed E-state index contributed by atoms with van der Waals surface area (Å²) in [5, 5.41) is 0.749. The second-order valence-corrected chi connectivity index (χ2v) is 15.3. The van der Waals surface area contributed by atoms with Gasteiger partial charge in [0.25, 0.3) is 0 Å². The molecule has 0 spiro atoms. The van der Waals surface area contributed by atoms with E-state index in [0.29, 0.717) is 0 Å². The number of hydrogen-bond donors (Lipinski definition) is 0. The lowest BCUT2D eigenvalue weighted by atomic mass is 9.95. The normalized spacial score (nSPS) is 13.2. The van der Waals surface area contributed by atoms with Gasteiger partial charge in [0.2, 0.25) is 0 Å². The van der Waals surface area contributed by atoms with Crippen molar-refractivity contribution in [2.45, 2.75) is 0 Å². The third kappa shape index (κ3) is 5.44. The summed E-state index contributed by atoms with van der Waals surface area (Å²) in [4.78, 5) is 0. The zero-order chi connectivity index (χ0) is 34.9. The first-order chi connectivity index (χ1) is 25.7. The molecule has 0 N–H and O–H groups in total. The number of fused-ring (bicyclic) bond motifs is 1. The molecule has 0 aliphatic carbocycles. The molecule has 0 radical (unpaired) electrons. The molecule has 0 aromatic heterocycles. The van der Waals surface area contributed by atoms with Crippen LogP contribution in [0.15, 0.2) is 212 Å². The minimum atomic E-state index is -3.72. The monoisotopic (exact) mass is 686 g/mol. The highest BCUT2D eigenvalue weighted by molar-refractivity contribution is 7.76. The summed E-state index contributed by atoms with van der Waals surface area (Å²) >= 11 is 0. The first-order valence-corrected chi connectivity index (χ1v) is 19.2. The number of rotatable bonds is 7. The summed E-state index contributed by atoms with van der Waals surface area (Å²) in [6.07, 6.45) is 0. The van der Waals surface area contributed by atoms with Crippen LogP contribution in [0.2, 0.25) is 0 Å². The summed E-state index contributed by atoms with van der Waals surface area (Å²) in [6.45, 7) is 0. The Morgan fingerprint density at radius 2 is 0.635 bits per heavy atom. The highest BCUT2D eigenvalue weighted by Gasteiger charge is 2.51.